The Balaban J connectivity index is 2.71. The van der Waals surface area contributed by atoms with E-state index in [9.17, 15) is 4.39 Å². The van der Waals surface area contributed by atoms with E-state index < -0.39 is 5.82 Å². The summed E-state index contributed by atoms with van der Waals surface area (Å²) >= 11 is 4.80. The second-order valence-electron chi connectivity index (χ2n) is 3.44. The average Bonchev–Trinajstić information content (AvgIpc) is 2.41. The van der Waals surface area contributed by atoms with Crippen molar-refractivity contribution in [2.45, 2.75) is 0 Å². The molecule has 1 N–H and O–H groups in total. The molecule has 0 fully saturated rings. The zero-order valence-corrected chi connectivity index (χ0v) is 10.7. The standard InChI is InChI=1S/C12H11FN2O2S/c1-16-8-5-3-4-7(11(8)17-2)10-9(13)12(18)15-6-14-10/h3-6H,1-2H3,(H,14,15,18). The van der Waals surface area contributed by atoms with E-state index in [1.165, 1.54) is 20.5 Å². The molecule has 18 heavy (non-hydrogen) atoms. The third kappa shape index (κ3) is 2.06. The third-order valence-electron chi connectivity index (χ3n) is 2.47. The van der Waals surface area contributed by atoms with Crippen LogP contribution in [0.5, 0.6) is 11.5 Å². The molecule has 0 unspecified atom stereocenters. The lowest BCUT2D eigenvalue weighted by Crippen LogP contribution is -1.97. The molecule has 94 valence electrons. The second-order valence-corrected chi connectivity index (χ2v) is 3.82. The van der Waals surface area contributed by atoms with Crippen molar-refractivity contribution in [1.29, 1.82) is 0 Å². The van der Waals surface area contributed by atoms with Crippen molar-refractivity contribution < 1.29 is 13.9 Å². The number of hydrogen-bond acceptors (Lipinski definition) is 4. The molecule has 1 aromatic carbocycles. The van der Waals surface area contributed by atoms with Crippen molar-refractivity contribution in [3.05, 3.63) is 35.0 Å². The summed E-state index contributed by atoms with van der Waals surface area (Å²) in [6, 6.07) is 5.19. The average molecular weight is 266 g/mol. The van der Waals surface area contributed by atoms with Gasteiger partial charge in [0.25, 0.3) is 0 Å². The molecule has 0 aliphatic rings. The minimum atomic E-state index is -0.584. The van der Waals surface area contributed by atoms with Crippen LogP contribution in [-0.4, -0.2) is 24.2 Å². The fourth-order valence-corrected chi connectivity index (χ4v) is 1.82. The summed E-state index contributed by atoms with van der Waals surface area (Å²) in [6.07, 6.45) is 1.35. The lowest BCUT2D eigenvalue weighted by molar-refractivity contribution is 0.356. The van der Waals surface area contributed by atoms with Gasteiger partial charge in [0.05, 0.1) is 26.2 Å². The Bertz CT molecular complexity index is 628. The van der Waals surface area contributed by atoms with E-state index in [1.807, 2.05) is 0 Å². The number of para-hydroxylation sites is 1. The number of aromatic nitrogens is 2. The molecule has 6 heteroatoms. The first kappa shape index (κ1) is 12.5. The van der Waals surface area contributed by atoms with Gasteiger partial charge in [0.2, 0.25) is 0 Å². The monoisotopic (exact) mass is 266 g/mol. The number of rotatable bonds is 3. The number of halogens is 1. The normalized spacial score (nSPS) is 10.2. The second kappa shape index (κ2) is 5.14. The van der Waals surface area contributed by atoms with Crippen molar-refractivity contribution >= 4 is 12.2 Å². The van der Waals surface area contributed by atoms with E-state index in [4.69, 9.17) is 21.7 Å². The van der Waals surface area contributed by atoms with Gasteiger partial charge in [-0.25, -0.2) is 9.37 Å². The Morgan fingerprint density at radius 1 is 1.28 bits per heavy atom. The molecule has 2 aromatic rings. The molecule has 0 saturated carbocycles. The maximum Gasteiger partial charge on any atom is 0.184 e. The van der Waals surface area contributed by atoms with Crippen LogP contribution in [0.25, 0.3) is 11.3 Å². The quantitative estimate of drug-likeness (QED) is 0.868. The van der Waals surface area contributed by atoms with E-state index in [0.717, 1.165) is 0 Å². The van der Waals surface area contributed by atoms with Gasteiger partial charge in [-0.2, -0.15) is 0 Å². The van der Waals surface area contributed by atoms with Gasteiger partial charge in [0.1, 0.15) is 0 Å². The van der Waals surface area contributed by atoms with Crippen molar-refractivity contribution in [3.8, 4) is 22.8 Å². The Morgan fingerprint density at radius 2 is 2.06 bits per heavy atom. The number of ether oxygens (including phenoxy) is 2. The van der Waals surface area contributed by atoms with Gasteiger partial charge < -0.3 is 14.5 Å². The minimum absolute atomic E-state index is 0.0892. The van der Waals surface area contributed by atoms with E-state index in [1.54, 1.807) is 18.2 Å². The molecule has 1 heterocycles. The predicted octanol–water partition coefficient (Wildman–Crippen LogP) is 2.96. The van der Waals surface area contributed by atoms with Crippen molar-refractivity contribution in [2.24, 2.45) is 0 Å². The van der Waals surface area contributed by atoms with Crippen LogP contribution >= 0.6 is 12.2 Å². The highest BCUT2D eigenvalue weighted by molar-refractivity contribution is 7.71. The van der Waals surface area contributed by atoms with Crippen molar-refractivity contribution in [2.75, 3.05) is 14.2 Å². The number of methoxy groups -OCH3 is 2. The van der Waals surface area contributed by atoms with Gasteiger partial charge in [-0.15, -0.1) is 0 Å². The van der Waals surface area contributed by atoms with Crippen LogP contribution in [0, 0.1) is 10.5 Å². The molecular weight excluding hydrogens is 255 g/mol. The molecule has 0 spiro atoms. The van der Waals surface area contributed by atoms with Crippen LogP contribution in [0.4, 0.5) is 4.39 Å². The van der Waals surface area contributed by atoms with Crippen molar-refractivity contribution in [3.63, 3.8) is 0 Å². The number of H-pyrrole nitrogens is 1. The summed E-state index contributed by atoms with van der Waals surface area (Å²) < 4.78 is 24.3. The van der Waals surface area contributed by atoms with Crippen LogP contribution in [0.3, 0.4) is 0 Å². The largest absolute Gasteiger partial charge is 0.493 e. The Labute approximate surface area is 108 Å². The summed E-state index contributed by atoms with van der Waals surface area (Å²) in [6.45, 7) is 0. The smallest absolute Gasteiger partial charge is 0.184 e. The minimum Gasteiger partial charge on any atom is -0.493 e. The molecule has 1 aromatic heterocycles. The molecule has 2 rings (SSSR count). The van der Waals surface area contributed by atoms with E-state index in [2.05, 4.69) is 9.97 Å². The Hall–Kier alpha value is -1.95. The lowest BCUT2D eigenvalue weighted by Gasteiger charge is -2.12. The van der Waals surface area contributed by atoms with Gasteiger partial charge in [-0.3, -0.25) is 0 Å². The Kier molecular flexibility index (Phi) is 3.57. The van der Waals surface area contributed by atoms with Gasteiger partial charge in [-0.1, -0.05) is 18.3 Å². The van der Waals surface area contributed by atoms with Crippen LogP contribution in [-0.2, 0) is 0 Å². The molecule has 4 nitrogen and oxygen atoms in total. The maximum absolute atomic E-state index is 13.9. The maximum atomic E-state index is 13.9. The summed E-state index contributed by atoms with van der Waals surface area (Å²) in [5.41, 5.74) is 0.758. The lowest BCUT2D eigenvalue weighted by atomic mass is 10.1. The molecule has 0 radical (unpaired) electrons. The molecule has 0 amide bonds. The third-order valence-corrected chi connectivity index (χ3v) is 2.75. The van der Waals surface area contributed by atoms with Gasteiger partial charge >= 0.3 is 0 Å². The molecule has 0 aliphatic carbocycles. The number of hydrogen-bond donors (Lipinski definition) is 1. The highest BCUT2D eigenvalue weighted by Gasteiger charge is 2.15. The molecule has 0 saturated heterocycles. The van der Waals surface area contributed by atoms with Gasteiger partial charge in [0, 0.05) is 5.56 Å². The first-order valence-corrected chi connectivity index (χ1v) is 5.54. The van der Waals surface area contributed by atoms with E-state index in [0.29, 0.717) is 17.1 Å². The van der Waals surface area contributed by atoms with Crippen LogP contribution in [0.1, 0.15) is 0 Å². The SMILES string of the molecule is COc1cccc(-c2[nH]cnc(=S)c2F)c1OC. The number of nitrogens with zero attached hydrogens (tertiary/aromatic N) is 1. The molecule has 0 atom stereocenters. The van der Waals surface area contributed by atoms with Crippen LogP contribution in [0.15, 0.2) is 24.5 Å². The van der Waals surface area contributed by atoms with Gasteiger partial charge in [-0.05, 0) is 12.1 Å². The summed E-state index contributed by atoms with van der Waals surface area (Å²) in [5, 5.41) is 0. The first-order valence-electron chi connectivity index (χ1n) is 5.13. The van der Waals surface area contributed by atoms with Crippen molar-refractivity contribution in [1.82, 2.24) is 9.97 Å². The fourth-order valence-electron chi connectivity index (χ4n) is 1.66. The molecular formula is C12H11FN2O2S. The first-order chi connectivity index (χ1) is 8.69. The zero-order valence-electron chi connectivity index (χ0n) is 9.86. The zero-order chi connectivity index (χ0) is 13.1. The predicted molar refractivity (Wildman–Crippen MR) is 67.9 cm³/mol. The number of nitrogens with one attached hydrogen (secondary N) is 1. The fraction of sp³-hybridized carbons (Fsp3) is 0.167. The van der Waals surface area contributed by atoms with Crippen LogP contribution < -0.4 is 9.47 Å². The van der Waals surface area contributed by atoms with E-state index in [-0.39, 0.29) is 10.3 Å². The number of benzene rings is 1. The van der Waals surface area contributed by atoms with Crippen LogP contribution in [0.2, 0.25) is 0 Å². The molecule has 0 bridgehead atoms. The Morgan fingerprint density at radius 3 is 2.72 bits per heavy atom. The van der Waals surface area contributed by atoms with Gasteiger partial charge in [0.15, 0.2) is 22.0 Å². The summed E-state index contributed by atoms with van der Waals surface area (Å²) in [7, 11) is 3.02. The summed E-state index contributed by atoms with van der Waals surface area (Å²) in [4.78, 5) is 6.41. The number of aromatic amines is 1. The highest BCUT2D eigenvalue weighted by atomic mass is 32.1. The summed E-state index contributed by atoms with van der Waals surface area (Å²) in [5.74, 6) is 0.375. The topological polar surface area (TPSA) is 47.1 Å². The highest BCUT2D eigenvalue weighted by Crippen LogP contribution is 2.37. The molecule has 0 aliphatic heterocycles. The van der Waals surface area contributed by atoms with E-state index >= 15 is 0 Å².